The van der Waals surface area contributed by atoms with Crippen LogP contribution < -0.4 is 5.32 Å². The minimum atomic E-state index is -3.98. The van der Waals surface area contributed by atoms with E-state index in [-0.39, 0.29) is 15.7 Å². The molecular weight excluding hydrogens is 358 g/mol. The van der Waals surface area contributed by atoms with Gasteiger partial charge in [-0.15, -0.1) is 0 Å². The zero-order valence-electron chi connectivity index (χ0n) is 14.4. The van der Waals surface area contributed by atoms with Crippen molar-refractivity contribution in [2.24, 2.45) is 0 Å². The maximum absolute atomic E-state index is 13.5. The molecule has 0 bridgehead atoms. The van der Waals surface area contributed by atoms with Gasteiger partial charge in [0.2, 0.25) is 9.84 Å². The number of nitrogens with zero attached hydrogens (tertiary/aromatic N) is 1. The molecule has 1 N–H and O–H groups in total. The van der Waals surface area contributed by atoms with Crippen LogP contribution in [0.1, 0.15) is 24.3 Å². The summed E-state index contributed by atoms with van der Waals surface area (Å²) in [7, 11) is -1.90. The monoisotopic (exact) mass is 378 g/mol. The molecule has 2 aromatic rings. The van der Waals surface area contributed by atoms with Crippen molar-refractivity contribution >= 4 is 15.5 Å². The minimum Gasteiger partial charge on any atom is -0.381 e. The second-order valence-electron chi connectivity index (χ2n) is 7.10. The summed E-state index contributed by atoms with van der Waals surface area (Å²) >= 11 is 0. The number of benzene rings is 2. The molecule has 2 aliphatic heterocycles. The topological polar surface area (TPSA) is 49.4 Å². The molecule has 4 rings (SSSR count). The van der Waals surface area contributed by atoms with Gasteiger partial charge in [-0.2, -0.15) is 0 Å². The van der Waals surface area contributed by atoms with Gasteiger partial charge < -0.3 is 10.2 Å². The predicted octanol–water partition coefficient (Wildman–Crippen LogP) is 3.40. The van der Waals surface area contributed by atoms with E-state index in [1.807, 2.05) is 0 Å². The normalized spacial score (nSPS) is 23.0. The molecular formula is C19H20F2N2O2S. The van der Waals surface area contributed by atoms with Crippen molar-refractivity contribution in [3.8, 4) is 0 Å². The number of halogens is 2. The van der Waals surface area contributed by atoms with E-state index in [1.165, 1.54) is 6.07 Å². The first-order valence-corrected chi connectivity index (χ1v) is 10.1. The van der Waals surface area contributed by atoms with Crippen molar-refractivity contribution in [1.29, 1.82) is 0 Å². The Labute approximate surface area is 151 Å². The molecule has 0 spiro atoms. The Morgan fingerprint density at radius 2 is 1.69 bits per heavy atom. The van der Waals surface area contributed by atoms with Gasteiger partial charge >= 0.3 is 0 Å². The van der Waals surface area contributed by atoms with Crippen LogP contribution in [-0.2, 0) is 9.84 Å². The van der Waals surface area contributed by atoms with Crippen LogP contribution in [0.4, 0.5) is 14.5 Å². The molecule has 138 valence electrons. The average Bonchev–Trinajstić information content (AvgIpc) is 2.83. The SMILES string of the molecule is CN1CC[C@@H]2Nc3ccc(S(=O)(=O)c4cc(F)cc(F)c4)cc3[C@H]2CC1. The van der Waals surface area contributed by atoms with Crippen molar-refractivity contribution < 1.29 is 17.2 Å². The molecule has 0 amide bonds. The van der Waals surface area contributed by atoms with Crippen molar-refractivity contribution in [1.82, 2.24) is 4.90 Å². The van der Waals surface area contributed by atoms with Crippen LogP contribution in [0.2, 0.25) is 0 Å². The Kier molecular flexibility index (Phi) is 4.23. The third kappa shape index (κ3) is 2.99. The van der Waals surface area contributed by atoms with Gasteiger partial charge in [0, 0.05) is 23.7 Å². The molecule has 2 aromatic carbocycles. The molecule has 4 nitrogen and oxygen atoms in total. The molecule has 7 heteroatoms. The lowest BCUT2D eigenvalue weighted by Crippen LogP contribution is -2.22. The first-order chi connectivity index (χ1) is 12.3. The number of nitrogens with one attached hydrogen (secondary N) is 1. The summed E-state index contributed by atoms with van der Waals surface area (Å²) in [5.74, 6) is -1.56. The van der Waals surface area contributed by atoms with Gasteiger partial charge in [-0.25, -0.2) is 17.2 Å². The van der Waals surface area contributed by atoms with Gasteiger partial charge in [-0.3, -0.25) is 0 Å². The van der Waals surface area contributed by atoms with Gasteiger partial charge in [-0.05, 0) is 68.9 Å². The number of hydrogen-bond donors (Lipinski definition) is 1. The van der Waals surface area contributed by atoms with Crippen molar-refractivity contribution in [3.63, 3.8) is 0 Å². The standard InChI is InChI=1S/C19H20F2N2O2S/c1-23-6-4-16-17-11-14(2-3-18(17)22-19(16)5-7-23)26(24,25)15-9-12(20)8-13(21)10-15/h2-3,8-11,16,19,22H,4-7H2,1H3/t16-,19+/m1/s1. The molecule has 0 aromatic heterocycles. The molecule has 1 fully saturated rings. The van der Waals surface area contributed by atoms with Gasteiger partial charge in [0.05, 0.1) is 9.79 Å². The molecule has 2 heterocycles. The Balaban J connectivity index is 1.74. The molecule has 1 saturated heterocycles. The summed E-state index contributed by atoms with van der Waals surface area (Å²) in [5, 5.41) is 3.49. The van der Waals surface area contributed by atoms with E-state index in [4.69, 9.17) is 0 Å². The number of likely N-dealkylation sites (tertiary alicyclic amines) is 1. The highest BCUT2D eigenvalue weighted by molar-refractivity contribution is 7.91. The van der Waals surface area contributed by atoms with Crippen molar-refractivity contribution in [3.05, 3.63) is 53.6 Å². The lowest BCUT2D eigenvalue weighted by Gasteiger charge is -2.16. The zero-order valence-corrected chi connectivity index (χ0v) is 15.2. The Hall–Kier alpha value is -1.99. The fourth-order valence-electron chi connectivity index (χ4n) is 3.94. The molecule has 0 unspecified atom stereocenters. The highest BCUT2D eigenvalue weighted by Crippen LogP contribution is 2.42. The third-order valence-corrected chi connectivity index (χ3v) is 7.08. The van der Waals surface area contributed by atoms with Gasteiger partial charge in [0.25, 0.3) is 0 Å². The maximum Gasteiger partial charge on any atom is 0.206 e. The number of sulfone groups is 1. The molecule has 2 atom stereocenters. The molecule has 0 radical (unpaired) electrons. The van der Waals surface area contributed by atoms with Crippen LogP contribution in [0.25, 0.3) is 0 Å². The van der Waals surface area contributed by atoms with E-state index in [0.717, 1.165) is 49.3 Å². The fraction of sp³-hybridized carbons (Fsp3) is 0.368. The van der Waals surface area contributed by atoms with Crippen LogP contribution in [-0.4, -0.2) is 39.5 Å². The predicted molar refractivity (Wildman–Crippen MR) is 95.1 cm³/mol. The lowest BCUT2D eigenvalue weighted by molar-refractivity contribution is 0.346. The highest BCUT2D eigenvalue weighted by atomic mass is 32.2. The smallest absolute Gasteiger partial charge is 0.206 e. The van der Waals surface area contributed by atoms with E-state index < -0.39 is 21.5 Å². The molecule has 2 aliphatic rings. The fourth-order valence-corrected chi connectivity index (χ4v) is 5.28. The summed E-state index contributed by atoms with van der Waals surface area (Å²) in [4.78, 5) is 1.98. The third-order valence-electron chi connectivity index (χ3n) is 5.35. The lowest BCUT2D eigenvalue weighted by atomic mass is 9.91. The van der Waals surface area contributed by atoms with Crippen LogP contribution in [0.5, 0.6) is 0 Å². The van der Waals surface area contributed by atoms with Crippen LogP contribution in [0.3, 0.4) is 0 Å². The van der Waals surface area contributed by atoms with Crippen molar-refractivity contribution in [2.45, 2.75) is 34.6 Å². The van der Waals surface area contributed by atoms with Crippen LogP contribution >= 0.6 is 0 Å². The second kappa shape index (κ2) is 6.32. The average molecular weight is 378 g/mol. The first-order valence-electron chi connectivity index (χ1n) is 8.65. The Bertz CT molecular complexity index is 942. The van der Waals surface area contributed by atoms with E-state index in [9.17, 15) is 17.2 Å². The Morgan fingerprint density at radius 3 is 2.42 bits per heavy atom. The summed E-state index contributed by atoms with van der Waals surface area (Å²) in [5.41, 5.74) is 1.93. The van der Waals surface area contributed by atoms with E-state index in [2.05, 4.69) is 17.3 Å². The molecule has 0 aliphatic carbocycles. The summed E-state index contributed by atoms with van der Waals surface area (Å²) in [6.07, 6.45) is 1.94. The van der Waals surface area contributed by atoms with E-state index >= 15 is 0 Å². The minimum absolute atomic E-state index is 0.0706. The molecule has 26 heavy (non-hydrogen) atoms. The second-order valence-corrected chi connectivity index (χ2v) is 9.05. The molecule has 0 saturated carbocycles. The number of fused-ring (bicyclic) bond motifs is 3. The van der Waals surface area contributed by atoms with Gasteiger partial charge in [0.1, 0.15) is 11.6 Å². The zero-order chi connectivity index (χ0) is 18.5. The number of rotatable bonds is 2. The first kappa shape index (κ1) is 17.4. The summed E-state index contributed by atoms with van der Waals surface area (Å²) in [6.45, 7) is 1.95. The number of hydrogen-bond acceptors (Lipinski definition) is 4. The summed E-state index contributed by atoms with van der Waals surface area (Å²) in [6, 6.07) is 7.59. The van der Waals surface area contributed by atoms with Gasteiger partial charge in [-0.1, -0.05) is 0 Å². The number of anilines is 1. The maximum atomic E-state index is 13.5. The van der Waals surface area contributed by atoms with E-state index in [1.54, 1.807) is 12.1 Å². The van der Waals surface area contributed by atoms with Crippen LogP contribution in [0.15, 0.2) is 46.2 Å². The van der Waals surface area contributed by atoms with Crippen molar-refractivity contribution in [2.75, 3.05) is 25.5 Å². The van der Waals surface area contributed by atoms with Gasteiger partial charge in [0.15, 0.2) is 0 Å². The Morgan fingerprint density at radius 1 is 1.00 bits per heavy atom. The summed E-state index contributed by atoms with van der Waals surface area (Å²) < 4.78 is 52.7. The highest BCUT2D eigenvalue weighted by Gasteiger charge is 2.35. The quantitative estimate of drug-likeness (QED) is 0.870. The van der Waals surface area contributed by atoms with Crippen LogP contribution in [0, 0.1) is 11.6 Å². The van der Waals surface area contributed by atoms with E-state index in [0.29, 0.717) is 12.1 Å². The largest absolute Gasteiger partial charge is 0.381 e.